The van der Waals surface area contributed by atoms with Gasteiger partial charge in [-0.2, -0.15) is 0 Å². The molecule has 0 aliphatic heterocycles. The number of hydrogen-bond acceptors (Lipinski definition) is 2. The van der Waals surface area contributed by atoms with E-state index in [1.54, 1.807) is 0 Å². The Balaban J connectivity index is 1.73. The third kappa shape index (κ3) is 3.31. The summed E-state index contributed by atoms with van der Waals surface area (Å²) in [6.07, 6.45) is 0. The Morgan fingerprint density at radius 1 is 1.10 bits per heavy atom. The molecule has 3 rings (SSSR count). The molecule has 0 aliphatic rings. The molecule has 2 aromatic carbocycles. The van der Waals surface area contributed by atoms with Crippen molar-refractivity contribution in [3.63, 3.8) is 0 Å². The van der Waals surface area contributed by atoms with Crippen LogP contribution in [0.5, 0.6) is 0 Å². The van der Waals surface area contributed by atoms with E-state index in [2.05, 4.69) is 71.8 Å². The van der Waals surface area contributed by atoms with Crippen molar-refractivity contribution < 1.29 is 0 Å². The van der Waals surface area contributed by atoms with Gasteiger partial charge >= 0.3 is 0 Å². The second-order valence-electron chi connectivity index (χ2n) is 5.29. The topological polar surface area (TPSA) is 27.8 Å². The Bertz CT molecular complexity index is 700. The van der Waals surface area contributed by atoms with Crippen molar-refractivity contribution in [3.8, 4) is 0 Å². The van der Waals surface area contributed by atoms with Gasteiger partial charge in [-0.1, -0.05) is 48.0 Å². The highest BCUT2D eigenvalue weighted by Gasteiger charge is 2.10. The zero-order valence-electron chi connectivity index (χ0n) is 12.4. The predicted octanol–water partition coefficient (Wildman–Crippen LogP) is 4.53. The average Bonchev–Trinajstić information content (AvgIpc) is 2.91. The van der Waals surface area contributed by atoms with Gasteiger partial charge in [0.1, 0.15) is 0 Å². The lowest BCUT2D eigenvalue weighted by atomic mass is 10.1. The lowest BCUT2D eigenvalue weighted by Gasteiger charge is -2.16. The molecule has 3 aromatic rings. The molecule has 1 atom stereocenters. The van der Waals surface area contributed by atoms with Gasteiger partial charge in [0, 0.05) is 22.7 Å². The van der Waals surface area contributed by atoms with Gasteiger partial charge in [0.05, 0.1) is 5.03 Å². The van der Waals surface area contributed by atoms with Crippen molar-refractivity contribution >= 4 is 22.7 Å². The van der Waals surface area contributed by atoms with Crippen LogP contribution in [-0.2, 0) is 0 Å². The number of fused-ring (bicyclic) bond motifs is 1. The Labute approximate surface area is 130 Å². The molecule has 0 fully saturated rings. The Morgan fingerprint density at radius 3 is 2.71 bits per heavy atom. The zero-order chi connectivity index (χ0) is 14.7. The molecular weight excluding hydrogens is 276 g/mol. The third-order valence-electron chi connectivity index (χ3n) is 3.70. The minimum Gasteiger partial charge on any atom is -0.350 e. The molecule has 0 radical (unpaired) electrons. The zero-order valence-corrected chi connectivity index (χ0v) is 13.2. The first-order valence-corrected chi connectivity index (χ1v) is 8.19. The van der Waals surface area contributed by atoms with Gasteiger partial charge in [0.25, 0.3) is 0 Å². The molecule has 0 amide bonds. The lowest BCUT2D eigenvalue weighted by Crippen LogP contribution is -2.18. The van der Waals surface area contributed by atoms with Gasteiger partial charge in [-0.3, -0.25) is 0 Å². The molecule has 1 unspecified atom stereocenters. The molecule has 1 aromatic heterocycles. The lowest BCUT2D eigenvalue weighted by molar-refractivity contribution is 0.661. The summed E-state index contributed by atoms with van der Waals surface area (Å²) >= 11 is 1.86. The number of hydrogen-bond donors (Lipinski definition) is 2. The summed E-state index contributed by atoms with van der Waals surface area (Å²) in [7, 11) is 2.03. The van der Waals surface area contributed by atoms with Gasteiger partial charge in [-0.05, 0) is 31.7 Å². The normalized spacial score (nSPS) is 12.7. The fourth-order valence-corrected chi connectivity index (χ4v) is 3.63. The van der Waals surface area contributed by atoms with Gasteiger partial charge in [0.15, 0.2) is 0 Å². The highest BCUT2D eigenvalue weighted by molar-refractivity contribution is 7.99. The fourth-order valence-electron chi connectivity index (χ4n) is 2.53. The van der Waals surface area contributed by atoms with Gasteiger partial charge in [-0.25, -0.2) is 0 Å². The molecule has 0 aliphatic carbocycles. The van der Waals surface area contributed by atoms with Crippen LogP contribution in [0, 0.1) is 6.92 Å². The van der Waals surface area contributed by atoms with Crippen LogP contribution in [0.25, 0.3) is 10.9 Å². The number of aromatic amines is 1. The van der Waals surface area contributed by atoms with E-state index in [-0.39, 0.29) is 0 Å². The second kappa shape index (κ2) is 6.37. The van der Waals surface area contributed by atoms with Crippen LogP contribution in [0.1, 0.15) is 17.2 Å². The van der Waals surface area contributed by atoms with Crippen LogP contribution in [0.3, 0.4) is 0 Å². The first-order chi connectivity index (χ1) is 10.3. The van der Waals surface area contributed by atoms with Crippen LogP contribution in [0.15, 0.2) is 59.6 Å². The minimum absolute atomic E-state index is 0.362. The number of aryl methyl sites for hydroxylation is 1. The smallest absolute Gasteiger partial charge is 0.0733 e. The second-order valence-corrected chi connectivity index (χ2v) is 6.35. The molecule has 0 saturated heterocycles. The third-order valence-corrected chi connectivity index (χ3v) is 4.73. The van der Waals surface area contributed by atoms with Crippen molar-refractivity contribution in [1.82, 2.24) is 10.3 Å². The Hall–Kier alpha value is -1.71. The maximum absolute atomic E-state index is 3.47. The Morgan fingerprint density at radius 2 is 1.95 bits per heavy atom. The molecule has 2 N–H and O–H groups in total. The molecule has 1 heterocycles. The van der Waals surface area contributed by atoms with Crippen LogP contribution in [0.4, 0.5) is 0 Å². The van der Waals surface area contributed by atoms with E-state index in [0.717, 1.165) is 5.75 Å². The van der Waals surface area contributed by atoms with Crippen LogP contribution in [-0.4, -0.2) is 17.8 Å². The van der Waals surface area contributed by atoms with E-state index in [0.29, 0.717) is 6.04 Å². The number of rotatable bonds is 5. The van der Waals surface area contributed by atoms with E-state index in [4.69, 9.17) is 0 Å². The van der Waals surface area contributed by atoms with Crippen molar-refractivity contribution in [2.24, 2.45) is 0 Å². The summed E-state index contributed by atoms with van der Waals surface area (Å²) in [5.74, 6) is 1.01. The number of para-hydroxylation sites is 1. The molecule has 0 saturated carbocycles. The standard InChI is InChI=1S/C18H20N2S/c1-13-6-5-8-14(10-13)17(19-2)12-21-18-11-15-7-3-4-9-16(15)20-18/h3-11,17,19-20H,12H2,1-2H3. The van der Waals surface area contributed by atoms with Crippen molar-refractivity contribution in [3.05, 3.63) is 65.7 Å². The summed E-state index contributed by atoms with van der Waals surface area (Å²) in [5, 5.41) is 5.92. The van der Waals surface area contributed by atoms with E-state index in [9.17, 15) is 0 Å². The SMILES string of the molecule is CNC(CSc1cc2ccccc2[nH]1)c1cccc(C)c1. The van der Waals surface area contributed by atoms with E-state index in [1.165, 1.54) is 27.1 Å². The molecular formula is C18H20N2S. The highest BCUT2D eigenvalue weighted by Crippen LogP contribution is 2.27. The largest absolute Gasteiger partial charge is 0.350 e. The number of nitrogens with one attached hydrogen (secondary N) is 2. The Kier molecular flexibility index (Phi) is 4.32. The van der Waals surface area contributed by atoms with Crippen molar-refractivity contribution in [1.29, 1.82) is 0 Å². The van der Waals surface area contributed by atoms with Crippen LogP contribution >= 0.6 is 11.8 Å². The minimum atomic E-state index is 0.362. The number of thioether (sulfide) groups is 1. The fraction of sp³-hybridized carbons (Fsp3) is 0.222. The van der Waals surface area contributed by atoms with Crippen molar-refractivity contribution in [2.45, 2.75) is 18.0 Å². The summed E-state index contributed by atoms with van der Waals surface area (Å²) in [6, 6.07) is 19.7. The maximum Gasteiger partial charge on any atom is 0.0733 e. The monoisotopic (exact) mass is 296 g/mol. The van der Waals surface area contributed by atoms with E-state index < -0.39 is 0 Å². The van der Waals surface area contributed by atoms with Crippen LogP contribution in [0.2, 0.25) is 0 Å². The summed E-state index contributed by atoms with van der Waals surface area (Å²) < 4.78 is 0. The van der Waals surface area contributed by atoms with Crippen molar-refractivity contribution in [2.75, 3.05) is 12.8 Å². The average molecular weight is 296 g/mol. The van der Waals surface area contributed by atoms with E-state index in [1.807, 2.05) is 18.8 Å². The molecule has 0 bridgehead atoms. The van der Waals surface area contributed by atoms with E-state index >= 15 is 0 Å². The first-order valence-electron chi connectivity index (χ1n) is 7.20. The molecule has 21 heavy (non-hydrogen) atoms. The van der Waals surface area contributed by atoms with Gasteiger partial charge in [-0.15, -0.1) is 11.8 Å². The number of aromatic nitrogens is 1. The first kappa shape index (κ1) is 14.2. The highest BCUT2D eigenvalue weighted by atomic mass is 32.2. The maximum atomic E-state index is 3.47. The summed E-state index contributed by atoms with van der Waals surface area (Å²) in [6.45, 7) is 2.14. The molecule has 0 spiro atoms. The predicted molar refractivity (Wildman–Crippen MR) is 92.0 cm³/mol. The molecule has 108 valence electrons. The number of benzene rings is 2. The summed E-state index contributed by atoms with van der Waals surface area (Å²) in [5.41, 5.74) is 3.86. The molecule has 3 heteroatoms. The summed E-state index contributed by atoms with van der Waals surface area (Å²) in [4.78, 5) is 3.47. The molecule has 2 nitrogen and oxygen atoms in total. The van der Waals surface area contributed by atoms with Gasteiger partial charge in [0.2, 0.25) is 0 Å². The van der Waals surface area contributed by atoms with Crippen LogP contribution < -0.4 is 5.32 Å². The number of H-pyrrole nitrogens is 1. The quantitative estimate of drug-likeness (QED) is 0.677. The van der Waals surface area contributed by atoms with Gasteiger partial charge < -0.3 is 10.3 Å².